The lowest BCUT2D eigenvalue weighted by Crippen LogP contribution is -2.52. The van der Waals surface area contributed by atoms with Crippen LogP contribution in [0.3, 0.4) is 0 Å². The van der Waals surface area contributed by atoms with E-state index in [1.54, 1.807) is 0 Å². The van der Waals surface area contributed by atoms with Gasteiger partial charge in [0, 0.05) is 32.7 Å². The Labute approximate surface area is 118 Å². The first-order valence-electron chi connectivity index (χ1n) is 7.67. The van der Waals surface area contributed by atoms with Gasteiger partial charge in [0.25, 0.3) is 0 Å². The molecule has 1 saturated heterocycles. The van der Waals surface area contributed by atoms with Gasteiger partial charge in [-0.15, -0.1) is 0 Å². The molecule has 1 atom stereocenters. The maximum atomic E-state index is 12.4. The van der Waals surface area contributed by atoms with Crippen LogP contribution in [0.2, 0.25) is 0 Å². The first-order chi connectivity index (χ1) is 8.95. The van der Waals surface area contributed by atoms with E-state index in [1.807, 2.05) is 4.90 Å². The fourth-order valence-electron chi connectivity index (χ4n) is 2.53. The molecule has 1 fully saturated rings. The van der Waals surface area contributed by atoms with Crippen LogP contribution in [-0.2, 0) is 4.79 Å². The first-order valence-corrected chi connectivity index (χ1v) is 7.67. The molecular formula is C15H31N3O. The largest absolute Gasteiger partial charge is 0.340 e. The molecule has 0 aliphatic carbocycles. The van der Waals surface area contributed by atoms with Gasteiger partial charge in [0.15, 0.2) is 0 Å². The summed E-state index contributed by atoms with van der Waals surface area (Å²) in [5.74, 6) is 1.32. The molecule has 1 rings (SSSR count). The lowest BCUT2D eigenvalue weighted by molar-refractivity contribution is -0.138. The van der Waals surface area contributed by atoms with E-state index in [1.165, 1.54) is 6.42 Å². The Morgan fingerprint density at radius 3 is 2.11 bits per heavy atom. The molecule has 1 heterocycles. The molecule has 2 N–H and O–H groups in total. The number of amides is 1. The van der Waals surface area contributed by atoms with Gasteiger partial charge in [-0.3, -0.25) is 9.69 Å². The number of rotatable bonds is 6. The van der Waals surface area contributed by atoms with Gasteiger partial charge in [-0.2, -0.15) is 0 Å². The van der Waals surface area contributed by atoms with Crippen molar-refractivity contribution in [2.75, 3.05) is 39.3 Å². The van der Waals surface area contributed by atoms with Crippen molar-refractivity contribution in [1.29, 1.82) is 0 Å². The Morgan fingerprint density at radius 1 is 1.11 bits per heavy atom. The van der Waals surface area contributed by atoms with Crippen molar-refractivity contribution in [1.82, 2.24) is 9.80 Å². The van der Waals surface area contributed by atoms with Gasteiger partial charge < -0.3 is 10.6 Å². The van der Waals surface area contributed by atoms with E-state index >= 15 is 0 Å². The standard InChI is InChI=1S/C15H31N3O/c1-12(2)5-6-17-7-9-18(10-8-17)15(19)14(11-16)13(3)4/h12-14H,5-11,16H2,1-4H3. The number of nitrogens with two attached hydrogens (primary N) is 1. The fourth-order valence-corrected chi connectivity index (χ4v) is 2.53. The van der Waals surface area contributed by atoms with E-state index in [9.17, 15) is 4.79 Å². The highest BCUT2D eigenvalue weighted by Gasteiger charge is 2.28. The summed E-state index contributed by atoms with van der Waals surface area (Å²) in [6.07, 6.45) is 1.24. The number of hydrogen-bond donors (Lipinski definition) is 1. The van der Waals surface area contributed by atoms with Crippen molar-refractivity contribution in [3.63, 3.8) is 0 Å². The number of nitrogens with zero attached hydrogens (tertiary/aromatic N) is 2. The second-order valence-electron chi connectivity index (χ2n) is 6.44. The molecular weight excluding hydrogens is 238 g/mol. The predicted molar refractivity (Wildman–Crippen MR) is 79.9 cm³/mol. The highest BCUT2D eigenvalue weighted by atomic mass is 16.2. The van der Waals surface area contributed by atoms with Crippen LogP contribution in [0.1, 0.15) is 34.1 Å². The van der Waals surface area contributed by atoms with Crippen molar-refractivity contribution in [2.45, 2.75) is 34.1 Å². The topological polar surface area (TPSA) is 49.6 Å². The lowest BCUT2D eigenvalue weighted by atomic mass is 9.94. The second-order valence-corrected chi connectivity index (χ2v) is 6.44. The molecule has 1 aliphatic heterocycles. The number of carbonyl (C=O) groups excluding carboxylic acids is 1. The predicted octanol–water partition coefficient (Wildman–Crippen LogP) is 1.41. The molecule has 4 heteroatoms. The molecule has 0 bridgehead atoms. The van der Waals surface area contributed by atoms with E-state index in [0.29, 0.717) is 12.5 Å². The van der Waals surface area contributed by atoms with Crippen molar-refractivity contribution < 1.29 is 4.79 Å². The van der Waals surface area contributed by atoms with Gasteiger partial charge in [-0.05, 0) is 24.8 Å². The summed E-state index contributed by atoms with van der Waals surface area (Å²) in [6, 6.07) is 0. The summed E-state index contributed by atoms with van der Waals surface area (Å²) >= 11 is 0. The molecule has 0 aromatic rings. The smallest absolute Gasteiger partial charge is 0.227 e. The second kappa shape index (κ2) is 7.85. The van der Waals surface area contributed by atoms with Crippen molar-refractivity contribution >= 4 is 5.91 Å². The molecule has 0 aromatic heterocycles. The molecule has 0 radical (unpaired) electrons. The molecule has 1 amide bonds. The van der Waals surface area contributed by atoms with Gasteiger partial charge >= 0.3 is 0 Å². The van der Waals surface area contributed by atoms with Crippen LogP contribution in [0, 0.1) is 17.8 Å². The van der Waals surface area contributed by atoms with Crippen LogP contribution in [0.15, 0.2) is 0 Å². The summed E-state index contributed by atoms with van der Waals surface area (Å²) in [5, 5.41) is 0. The van der Waals surface area contributed by atoms with Crippen molar-refractivity contribution in [3.05, 3.63) is 0 Å². The van der Waals surface area contributed by atoms with Gasteiger partial charge in [0.05, 0.1) is 5.92 Å². The lowest BCUT2D eigenvalue weighted by Gasteiger charge is -2.37. The molecule has 19 heavy (non-hydrogen) atoms. The minimum atomic E-state index is -0.0118. The molecule has 0 spiro atoms. The normalized spacial score (nSPS) is 19.2. The SMILES string of the molecule is CC(C)CCN1CCN(C(=O)C(CN)C(C)C)CC1. The molecule has 0 aromatic carbocycles. The van der Waals surface area contributed by atoms with Crippen LogP contribution in [-0.4, -0.2) is 55.0 Å². The molecule has 1 aliphatic rings. The third kappa shape index (κ3) is 5.11. The molecule has 112 valence electrons. The average Bonchev–Trinajstić information content (AvgIpc) is 2.37. The monoisotopic (exact) mass is 269 g/mol. The summed E-state index contributed by atoms with van der Waals surface area (Å²) in [6.45, 7) is 14.0. The van der Waals surface area contributed by atoms with E-state index < -0.39 is 0 Å². The Kier molecular flexibility index (Phi) is 6.80. The van der Waals surface area contributed by atoms with E-state index in [-0.39, 0.29) is 11.8 Å². The summed E-state index contributed by atoms with van der Waals surface area (Å²) in [7, 11) is 0. The number of carbonyl (C=O) groups is 1. The minimum absolute atomic E-state index is 0.0118. The van der Waals surface area contributed by atoms with Crippen molar-refractivity contribution in [3.8, 4) is 0 Å². The fraction of sp³-hybridized carbons (Fsp3) is 0.933. The average molecular weight is 269 g/mol. The zero-order chi connectivity index (χ0) is 14.4. The van der Waals surface area contributed by atoms with E-state index in [0.717, 1.165) is 38.6 Å². The zero-order valence-corrected chi connectivity index (χ0v) is 13.1. The first kappa shape index (κ1) is 16.4. The molecule has 4 nitrogen and oxygen atoms in total. The van der Waals surface area contributed by atoms with Gasteiger partial charge in [0.1, 0.15) is 0 Å². The Balaban J connectivity index is 2.38. The summed E-state index contributed by atoms with van der Waals surface area (Å²) in [5.41, 5.74) is 5.73. The van der Waals surface area contributed by atoms with Crippen LogP contribution >= 0.6 is 0 Å². The third-order valence-electron chi connectivity index (χ3n) is 4.08. The van der Waals surface area contributed by atoms with Crippen LogP contribution in [0.4, 0.5) is 0 Å². The van der Waals surface area contributed by atoms with Crippen molar-refractivity contribution in [2.24, 2.45) is 23.5 Å². The third-order valence-corrected chi connectivity index (χ3v) is 4.08. The van der Waals surface area contributed by atoms with E-state index in [2.05, 4.69) is 32.6 Å². The summed E-state index contributed by atoms with van der Waals surface area (Å²) in [4.78, 5) is 16.8. The van der Waals surface area contributed by atoms with Crippen LogP contribution in [0.25, 0.3) is 0 Å². The highest BCUT2D eigenvalue weighted by molar-refractivity contribution is 5.79. The maximum absolute atomic E-state index is 12.4. The zero-order valence-electron chi connectivity index (χ0n) is 13.1. The minimum Gasteiger partial charge on any atom is -0.340 e. The number of hydrogen-bond acceptors (Lipinski definition) is 3. The van der Waals surface area contributed by atoms with E-state index in [4.69, 9.17) is 5.73 Å². The molecule has 1 unspecified atom stereocenters. The maximum Gasteiger partial charge on any atom is 0.227 e. The van der Waals surface area contributed by atoms with Crippen LogP contribution in [0.5, 0.6) is 0 Å². The van der Waals surface area contributed by atoms with Gasteiger partial charge in [0.2, 0.25) is 5.91 Å². The Morgan fingerprint density at radius 2 is 1.68 bits per heavy atom. The molecule has 0 saturated carbocycles. The Hall–Kier alpha value is -0.610. The quantitative estimate of drug-likeness (QED) is 0.793. The number of piperazine rings is 1. The highest BCUT2D eigenvalue weighted by Crippen LogP contribution is 2.15. The Bertz CT molecular complexity index is 271. The van der Waals surface area contributed by atoms with Gasteiger partial charge in [-0.1, -0.05) is 27.7 Å². The summed E-state index contributed by atoms with van der Waals surface area (Å²) < 4.78 is 0. The van der Waals surface area contributed by atoms with Gasteiger partial charge in [-0.25, -0.2) is 0 Å². The van der Waals surface area contributed by atoms with Crippen LogP contribution < -0.4 is 5.73 Å².